The summed E-state index contributed by atoms with van der Waals surface area (Å²) in [6.07, 6.45) is 0.750. The fourth-order valence-corrected chi connectivity index (χ4v) is 3.96. The Hall–Kier alpha value is -2.28. The molecule has 2 aliphatic rings. The van der Waals surface area contributed by atoms with Crippen molar-refractivity contribution in [1.29, 1.82) is 0 Å². The molecule has 2 heterocycles. The van der Waals surface area contributed by atoms with E-state index in [1.54, 1.807) is 27.9 Å². The topological polar surface area (TPSA) is 79.3 Å². The van der Waals surface area contributed by atoms with E-state index in [-0.39, 0.29) is 24.9 Å². The van der Waals surface area contributed by atoms with Crippen LogP contribution in [0, 0.1) is 0 Å². The van der Waals surface area contributed by atoms with Crippen LogP contribution >= 0.6 is 0 Å². The van der Waals surface area contributed by atoms with Crippen LogP contribution in [-0.2, 0) is 9.53 Å². The Morgan fingerprint density at radius 3 is 2.43 bits per heavy atom. The third-order valence-electron chi connectivity index (χ3n) is 5.23. The van der Waals surface area contributed by atoms with Crippen molar-refractivity contribution in [2.45, 2.75) is 63.8 Å². The first kappa shape index (κ1) is 20.5. The lowest BCUT2D eigenvalue weighted by molar-refractivity contribution is -0.137. The third-order valence-corrected chi connectivity index (χ3v) is 5.23. The summed E-state index contributed by atoms with van der Waals surface area (Å²) in [5.74, 6) is 0.648. The summed E-state index contributed by atoms with van der Waals surface area (Å²) >= 11 is 0. The number of hydrogen-bond donors (Lipinski definition) is 1. The summed E-state index contributed by atoms with van der Waals surface area (Å²) in [4.78, 5) is 29.1. The molecule has 0 spiro atoms. The van der Waals surface area contributed by atoms with Crippen molar-refractivity contribution in [3.05, 3.63) is 29.8 Å². The van der Waals surface area contributed by atoms with E-state index in [2.05, 4.69) is 0 Å². The minimum atomic E-state index is -0.719. The fraction of sp³-hybridized carbons (Fsp3) is 0.619. The number of carbonyl (C=O) groups excluding carboxylic acids is 2. The van der Waals surface area contributed by atoms with Crippen molar-refractivity contribution >= 4 is 12.0 Å². The molecule has 0 aliphatic carbocycles. The summed E-state index contributed by atoms with van der Waals surface area (Å²) in [6, 6.07) is 7.01. The number of β-amino-alcohol motifs (C(OH)–C–C–N with tert-alkyl or cyclic N) is 1. The van der Waals surface area contributed by atoms with Gasteiger partial charge in [-0.25, -0.2) is 4.79 Å². The van der Waals surface area contributed by atoms with E-state index < -0.39 is 23.8 Å². The number of nitrogens with zero attached hydrogens (tertiary/aromatic N) is 2. The number of amides is 2. The van der Waals surface area contributed by atoms with Crippen LogP contribution in [0.5, 0.6) is 5.75 Å². The maximum atomic E-state index is 13.3. The molecule has 1 aromatic carbocycles. The second-order valence-electron chi connectivity index (χ2n) is 8.50. The number of hydrogen-bond acceptors (Lipinski definition) is 5. The normalized spacial score (nSPS) is 25.1. The molecule has 1 aromatic rings. The number of aliphatic hydroxyl groups is 1. The summed E-state index contributed by atoms with van der Waals surface area (Å²) < 4.78 is 10.7. The van der Waals surface area contributed by atoms with Crippen LogP contribution in [0.3, 0.4) is 0 Å². The number of rotatable bonds is 3. The smallest absolute Gasteiger partial charge is 0.411 e. The molecule has 0 radical (unpaired) electrons. The Bertz CT molecular complexity index is 713. The quantitative estimate of drug-likeness (QED) is 0.858. The Morgan fingerprint density at radius 1 is 1.14 bits per heavy atom. The number of carbonyl (C=O) groups is 2. The number of likely N-dealkylation sites (tertiary alicyclic amines) is 2. The van der Waals surface area contributed by atoms with E-state index in [0.717, 1.165) is 24.2 Å². The highest BCUT2D eigenvalue weighted by Gasteiger charge is 2.44. The van der Waals surface area contributed by atoms with Crippen LogP contribution in [0.15, 0.2) is 24.3 Å². The van der Waals surface area contributed by atoms with Crippen LogP contribution in [0.25, 0.3) is 0 Å². The average molecular weight is 390 g/mol. The zero-order valence-corrected chi connectivity index (χ0v) is 17.1. The summed E-state index contributed by atoms with van der Waals surface area (Å²) in [6.45, 7) is 6.12. The van der Waals surface area contributed by atoms with Crippen molar-refractivity contribution in [3.8, 4) is 5.75 Å². The molecule has 0 saturated carbocycles. The minimum Gasteiger partial charge on any atom is -0.497 e. The van der Waals surface area contributed by atoms with Gasteiger partial charge in [-0.3, -0.25) is 9.69 Å². The summed E-state index contributed by atoms with van der Waals surface area (Å²) in [5.41, 5.74) is 0.395. The van der Waals surface area contributed by atoms with Gasteiger partial charge in [-0.15, -0.1) is 0 Å². The number of benzene rings is 1. The van der Waals surface area contributed by atoms with Crippen molar-refractivity contribution in [2.24, 2.45) is 0 Å². The van der Waals surface area contributed by atoms with Gasteiger partial charge in [0.1, 0.15) is 17.4 Å². The van der Waals surface area contributed by atoms with Crippen molar-refractivity contribution in [1.82, 2.24) is 9.80 Å². The van der Waals surface area contributed by atoms with E-state index in [1.807, 2.05) is 29.2 Å². The van der Waals surface area contributed by atoms with Gasteiger partial charge in [0, 0.05) is 13.0 Å². The Morgan fingerprint density at radius 2 is 1.82 bits per heavy atom. The molecule has 7 nitrogen and oxygen atoms in total. The van der Waals surface area contributed by atoms with Crippen LogP contribution in [-0.4, -0.2) is 64.9 Å². The minimum absolute atomic E-state index is 0.0309. The largest absolute Gasteiger partial charge is 0.497 e. The van der Waals surface area contributed by atoms with Crippen molar-refractivity contribution in [2.75, 3.05) is 20.2 Å². The fourth-order valence-electron chi connectivity index (χ4n) is 3.96. The number of aliphatic hydroxyl groups excluding tert-OH is 1. The Balaban J connectivity index is 1.77. The molecule has 2 amide bonds. The lowest BCUT2D eigenvalue weighted by Crippen LogP contribution is -2.48. The van der Waals surface area contributed by atoms with Gasteiger partial charge in [-0.2, -0.15) is 0 Å². The standard InChI is InChI=1S/C21H30N2O5/c1-21(2,3)28-20(26)23-13-15(24)12-18(23)19(25)22-11-5-6-17(22)14-7-9-16(27-4)10-8-14/h7-10,15,17-18,24H,5-6,11-13H2,1-4H3/t15-,17?,18-/m1/s1. The van der Waals surface area contributed by atoms with Gasteiger partial charge in [0.2, 0.25) is 5.91 Å². The first-order valence-corrected chi connectivity index (χ1v) is 9.81. The van der Waals surface area contributed by atoms with Crippen molar-refractivity contribution < 1.29 is 24.2 Å². The second-order valence-corrected chi connectivity index (χ2v) is 8.50. The Labute approximate surface area is 166 Å². The van der Waals surface area contributed by atoms with Gasteiger partial charge in [0.25, 0.3) is 0 Å². The first-order valence-electron chi connectivity index (χ1n) is 9.81. The van der Waals surface area contributed by atoms with E-state index in [1.165, 1.54) is 4.90 Å². The maximum Gasteiger partial charge on any atom is 0.411 e. The zero-order valence-electron chi connectivity index (χ0n) is 17.1. The molecule has 3 atom stereocenters. The molecule has 1 N–H and O–H groups in total. The van der Waals surface area contributed by atoms with Gasteiger partial charge in [-0.05, 0) is 51.3 Å². The molecule has 2 fully saturated rings. The molecule has 0 aromatic heterocycles. The maximum absolute atomic E-state index is 13.3. The molecule has 7 heteroatoms. The molecule has 2 saturated heterocycles. The molecule has 2 aliphatic heterocycles. The average Bonchev–Trinajstić information content (AvgIpc) is 3.26. The van der Waals surface area contributed by atoms with Gasteiger partial charge in [0.05, 0.1) is 25.8 Å². The molecule has 0 bridgehead atoms. The van der Waals surface area contributed by atoms with Gasteiger partial charge >= 0.3 is 6.09 Å². The Kier molecular flexibility index (Phi) is 5.84. The molecule has 1 unspecified atom stereocenters. The van der Waals surface area contributed by atoms with Crippen molar-refractivity contribution in [3.63, 3.8) is 0 Å². The zero-order chi connectivity index (χ0) is 20.5. The van der Waals surface area contributed by atoms with E-state index in [0.29, 0.717) is 6.54 Å². The van der Waals surface area contributed by atoms with Crippen LogP contribution in [0.1, 0.15) is 51.6 Å². The predicted molar refractivity (Wildman–Crippen MR) is 104 cm³/mol. The highest BCUT2D eigenvalue weighted by molar-refractivity contribution is 5.87. The molecular weight excluding hydrogens is 360 g/mol. The van der Waals surface area contributed by atoms with Crippen LogP contribution in [0.2, 0.25) is 0 Å². The molecule has 3 rings (SSSR count). The highest BCUT2D eigenvalue weighted by atomic mass is 16.6. The summed E-state index contributed by atoms with van der Waals surface area (Å²) in [5, 5.41) is 10.1. The lowest BCUT2D eigenvalue weighted by Gasteiger charge is -2.32. The first-order chi connectivity index (χ1) is 13.2. The van der Waals surface area contributed by atoms with Crippen LogP contribution < -0.4 is 4.74 Å². The molecule has 154 valence electrons. The SMILES string of the molecule is COc1ccc(C2CCCN2C(=O)[C@H]2C[C@@H](O)CN2C(=O)OC(C)(C)C)cc1. The van der Waals surface area contributed by atoms with Gasteiger partial charge < -0.3 is 19.5 Å². The van der Waals surface area contributed by atoms with Crippen LogP contribution in [0.4, 0.5) is 4.79 Å². The molecule has 28 heavy (non-hydrogen) atoms. The monoisotopic (exact) mass is 390 g/mol. The van der Waals surface area contributed by atoms with Gasteiger partial charge in [0.15, 0.2) is 0 Å². The highest BCUT2D eigenvalue weighted by Crippen LogP contribution is 2.35. The second kappa shape index (κ2) is 7.99. The predicted octanol–water partition coefficient (Wildman–Crippen LogP) is 2.73. The summed E-state index contributed by atoms with van der Waals surface area (Å²) in [7, 11) is 1.62. The lowest BCUT2D eigenvalue weighted by atomic mass is 10.0. The van der Waals surface area contributed by atoms with E-state index in [4.69, 9.17) is 9.47 Å². The van der Waals surface area contributed by atoms with E-state index in [9.17, 15) is 14.7 Å². The molecular formula is C21H30N2O5. The van der Waals surface area contributed by atoms with E-state index >= 15 is 0 Å². The number of methoxy groups -OCH3 is 1. The number of ether oxygens (including phenoxy) is 2. The van der Waals surface area contributed by atoms with Gasteiger partial charge in [-0.1, -0.05) is 12.1 Å². The third kappa shape index (κ3) is 4.41.